The van der Waals surface area contributed by atoms with Crippen LogP contribution in [0.3, 0.4) is 0 Å². The zero-order valence-corrected chi connectivity index (χ0v) is 13.7. The summed E-state index contributed by atoms with van der Waals surface area (Å²) in [7, 11) is 0. The van der Waals surface area contributed by atoms with Crippen LogP contribution >= 0.6 is 27.5 Å². The maximum Gasteiger partial charge on any atom is 0.127 e. The highest BCUT2D eigenvalue weighted by molar-refractivity contribution is 9.10. The average molecular weight is 368 g/mol. The van der Waals surface area contributed by atoms with E-state index in [9.17, 15) is 0 Å². The molecule has 0 spiro atoms. The Morgan fingerprint density at radius 1 is 1.29 bits per heavy atom. The van der Waals surface area contributed by atoms with E-state index in [2.05, 4.69) is 27.4 Å². The molecule has 0 saturated carbocycles. The summed E-state index contributed by atoms with van der Waals surface area (Å²) in [5.41, 5.74) is 6.17. The number of aryl methyl sites for hydroxylation is 1. The average Bonchev–Trinajstić information content (AvgIpc) is 2.52. The van der Waals surface area contributed by atoms with Crippen molar-refractivity contribution in [2.75, 3.05) is 6.61 Å². The molecule has 1 heterocycles. The maximum atomic E-state index is 6.20. The van der Waals surface area contributed by atoms with Gasteiger partial charge in [0.15, 0.2) is 0 Å². The summed E-state index contributed by atoms with van der Waals surface area (Å²) in [5, 5.41) is 0.665. The van der Waals surface area contributed by atoms with Crippen molar-refractivity contribution in [3.8, 4) is 5.75 Å². The molecule has 1 atom stereocenters. The van der Waals surface area contributed by atoms with Crippen molar-refractivity contribution in [1.29, 1.82) is 0 Å². The minimum atomic E-state index is -0.149. The third-order valence-electron chi connectivity index (χ3n) is 3.72. The minimum Gasteiger partial charge on any atom is -0.493 e. The maximum absolute atomic E-state index is 6.20. The molecule has 2 aromatic carbocycles. The Balaban J connectivity index is 2.06. The standard InChI is InChI=1S/C16H16BrClN2O/c17-13-7-6-11(9-14(13)18)15(20-19)12-5-1-3-10-4-2-8-21-16(10)12/h1,3,5-7,9,15,20H,2,4,8,19H2. The van der Waals surface area contributed by atoms with Crippen molar-refractivity contribution in [3.05, 3.63) is 62.6 Å². The highest BCUT2D eigenvalue weighted by Crippen LogP contribution is 2.36. The van der Waals surface area contributed by atoms with Crippen molar-refractivity contribution >= 4 is 27.5 Å². The van der Waals surface area contributed by atoms with Crippen LogP contribution in [0, 0.1) is 0 Å². The van der Waals surface area contributed by atoms with Gasteiger partial charge in [0.25, 0.3) is 0 Å². The number of rotatable bonds is 3. The molecule has 1 aliphatic heterocycles. The number of halogens is 2. The first-order valence-corrected chi connectivity index (χ1v) is 8.03. The summed E-state index contributed by atoms with van der Waals surface area (Å²) in [6.07, 6.45) is 2.10. The van der Waals surface area contributed by atoms with Crippen LogP contribution in [0.2, 0.25) is 5.02 Å². The third kappa shape index (κ3) is 2.94. The van der Waals surface area contributed by atoms with E-state index in [1.54, 1.807) is 0 Å². The Morgan fingerprint density at radius 3 is 2.90 bits per heavy atom. The fourth-order valence-corrected chi connectivity index (χ4v) is 3.13. The van der Waals surface area contributed by atoms with Gasteiger partial charge in [-0.15, -0.1) is 0 Å². The Bertz CT molecular complexity index is 663. The molecule has 21 heavy (non-hydrogen) atoms. The largest absolute Gasteiger partial charge is 0.493 e. The number of ether oxygens (including phenoxy) is 1. The van der Waals surface area contributed by atoms with Crippen molar-refractivity contribution in [2.45, 2.75) is 18.9 Å². The van der Waals surface area contributed by atoms with E-state index in [-0.39, 0.29) is 6.04 Å². The number of benzene rings is 2. The van der Waals surface area contributed by atoms with E-state index < -0.39 is 0 Å². The molecule has 3 rings (SSSR count). The molecule has 0 amide bonds. The van der Waals surface area contributed by atoms with Gasteiger partial charge in [-0.2, -0.15) is 0 Å². The van der Waals surface area contributed by atoms with Gasteiger partial charge < -0.3 is 4.74 Å². The van der Waals surface area contributed by atoms with Gasteiger partial charge in [-0.3, -0.25) is 5.84 Å². The summed E-state index contributed by atoms with van der Waals surface area (Å²) in [6.45, 7) is 0.752. The van der Waals surface area contributed by atoms with E-state index in [4.69, 9.17) is 22.2 Å². The molecule has 1 unspecified atom stereocenters. The van der Waals surface area contributed by atoms with E-state index in [1.807, 2.05) is 30.3 Å². The van der Waals surface area contributed by atoms with E-state index in [1.165, 1.54) is 5.56 Å². The molecule has 1 aliphatic rings. The first-order chi connectivity index (χ1) is 10.2. The van der Waals surface area contributed by atoms with Crippen LogP contribution in [0.15, 0.2) is 40.9 Å². The predicted molar refractivity (Wildman–Crippen MR) is 88.6 cm³/mol. The lowest BCUT2D eigenvalue weighted by Gasteiger charge is -2.25. The van der Waals surface area contributed by atoms with Crippen LogP contribution in [0.5, 0.6) is 5.75 Å². The molecule has 0 fully saturated rings. The van der Waals surface area contributed by atoms with Crippen LogP contribution in [0.1, 0.15) is 29.2 Å². The second-order valence-electron chi connectivity index (χ2n) is 5.06. The summed E-state index contributed by atoms with van der Waals surface area (Å²) < 4.78 is 6.75. The topological polar surface area (TPSA) is 47.3 Å². The number of fused-ring (bicyclic) bond motifs is 1. The molecule has 3 nitrogen and oxygen atoms in total. The van der Waals surface area contributed by atoms with Gasteiger partial charge in [0.1, 0.15) is 5.75 Å². The number of hydrogen-bond donors (Lipinski definition) is 2. The fraction of sp³-hybridized carbons (Fsp3) is 0.250. The SMILES string of the molecule is NNC(c1ccc(Br)c(Cl)c1)c1cccc2c1OCCC2. The summed E-state index contributed by atoms with van der Waals surface area (Å²) in [6, 6.07) is 11.9. The van der Waals surface area contributed by atoms with E-state index >= 15 is 0 Å². The quantitative estimate of drug-likeness (QED) is 0.637. The molecule has 0 bridgehead atoms. The monoisotopic (exact) mass is 366 g/mol. The highest BCUT2D eigenvalue weighted by Gasteiger charge is 2.22. The Morgan fingerprint density at radius 2 is 2.14 bits per heavy atom. The minimum absolute atomic E-state index is 0.149. The van der Waals surface area contributed by atoms with Gasteiger partial charge in [-0.1, -0.05) is 35.9 Å². The lowest BCUT2D eigenvalue weighted by Crippen LogP contribution is -2.29. The summed E-state index contributed by atoms with van der Waals surface area (Å²) >= 11 is 9.61. The van der Waals surface area contributed by atoms with Gasteiger partial charge in [0.2, 0.25) is 0 Å². The molecule has 2 aromatic rings. The van der Waals surface area contributed by atoms with Crippen molar-refractivity contribution in [3.63, 3.8) is 0 Å². The fourth-order valence-electron chi connectivity index (χ4n) is 2.70. The van der Waals surface area contributed by atoms with Crippen molar-refractivity contribution in [2.24, 2.45) is 5.84 Å². The molecule has 0 aromatic heterocycles. The zero-order chi connectivity index (χ0) is 14.8. The second-order valence-corrected chi connectivity index (χ2v) is 6.32. The first-order valence-electron chi connectivity index (χ1n) is 6.86. The zero-order valence-electron chi connectivity index (χ0n) is 11.4. The van der Waals surface area contributed by atoms with Crippen molar-refractivity contribution < 1.29 is 4.74 Å². The van der Waals surface area contributed by atoms with Gasteiger partial charge in [0.05, 0.1) is 17.7 Å². The van der Waals surface area contributed by atoms with Crippen LogP contribution < -0.4 is 16.0 Å². The number of hydrogen-bond acceptors (Lipinski definition) is 3. The predicted octanol–water partition coefficient (Wildman–Crippen LogP) is 3.98. The number of hydrazine groups is 1. The number of nitrogens with two attached hydrogens (primary N) is 1. The normalized spacial score (nSPS) is 15.2. The van der Waals surface area contributed by atoms with E-state index in [0.29, 0.717) is 5.02 Å². The lowest BCUT2D eigenvalue weighted by atomic mass is 9.94. The number of para-hydroxylation sites is 1. The second kappa shape index (κ2) is 6.36. The summed E-state index contributed by atoms with van der Waals surface area (Å²) in [5.74, 6) is 6.75. The molecule has 110 valence electrons. The molecule has 0 saturated heterocycles. The Labute approximate surface area is 137 Å². The third-order valence-corrected chi connectivity index (χ3v) is 4.95. The molecule has 5 heteroatoms. The lowest BCUT2D eigenvalue weighted by molar-refractivity contribution is 0.283. The highest BCUT2D eigenvalue weighted by atomic mass is 79.9. The van der Waals surface area contributed by atoms with Crippen LogP contribution in [-0.2, 0) is 6.42 Å². The first kappa shape index (κ1) is 14.9. The van der Waals surface area contributed by atoms with Gasteiger partial charge in [-0.05, 0) is 52.0 Å². The van der Waals surface area contributed by atoms with Gasteiger partial charge in [-0.25, -0.2) is 5.43 Å². The van der Waals surface area contributed by atoms with Crippen LogP contribution in [0.4, 0.5) is 0 Å². The summed E-state index contributed by atoms with van der Waals surface area (Å²) in [4.78, 5) is 0. The molecule has 3 N–H and O–H groups in total. The molecule has 0 aliphatic carbocycles. The van der Waals surface area contributed by atoms with E-state index in [0.717, 1.165) is 40.8 Å². The molecule has 0 radical (unpaired) electrons. The van der Waals surface area contributed by atoms with Crippen LogP contribution in [-0.4, -0.2) is 6.61 Å². The van der Waals surface area contributed by atoms with Crippen LogP contribution in [0.25, 0.3) is 0 Å². The number of nitrogens with one attached hydrogen (secondary N) is 1. The van der Waals surface area contributed by atoms with Gasteiger partial charge in [0, 0.05) is 10.0 Å². The molecular formula is C16H16BrClN2O. The smallest absolute Gasteiger partial charge is 0.127 e. The Hall–Kier alpha value is -1.07. The van der Waals surface area contributed by atoms with Gasteiger partial charge >= 0.3 is 0 Å². The van der Waals surface area contributed by atoms with Crippen molar-refractivity contribution in [1.82, 2.24) is 5.43 Å². The Kier molecular flexibility index (Phi) is 4.50. The molecular weight excluding hydrogens is 352 g/mol.